The van der Waals surface area contributed by atoms with Gasteiger partial charge in [0.05, 0.1) is 7.11 Å². The minimum atomic E-state index is -0.169. The first-order valence-corrected chi connectivity index (χ1v) is 4.70. The fourth-order valence-corrected chi connectivity index (χ4v) is 1.68. The molecule has 0 aliphatic carbocycles. The van der Waals surface area contributed by atoms with Gasteiger partial charge in [-0.25, -0.2) is 0 Å². The molecular formula is C11H13NO2. The summed E-state index contributed by atoms with van der Waals surface area (Å²) in [6.07, 6.45) is 0.830. The molecule has 0 radical (unpaired) electrons. The molecule has 0 aromatic heterocycles. The summed E-state index contributed by atoms with van der Waals surface area (Å²) in [6, 6.07) is 10.3. The molecule has 74 valence electrons. The quantitative estimate of drug-likeness (QED) is 0.715. The van der Waals surface area contributed by atoms with E-state index < -0.39 is 0 Å². The van der Waals surface area contributed by atoms with Crippen molar-refractivity contribution in [2.24, 2.45) is 0 Å². The molecule has 3 heteroatoms. The van der Waals surface area contributed by atoms with Crippen molar-refractivity contribution in [3.8, 4) is 0 Å². The zero-order chi connectivity index (χ0) is 9.97. The first kappa shape index (κ1) is 9.21. The van der Waals surface area contributed by atoms with E-state index in [9.17, 15) is 4.79 Å². The number of methoxy groups -OCH3 is 1. The standard InChI is InChI=1S/C11H13NO2/c1-14-11(13)10-7-9(12-10)8-5-3-2-4-6-8/h2-6,9-10,12H,7H2,1H3. The molecule has 1 fully saturated rings. The highest BCUT2D eigenvalue weighted by Crippen LogP contribution is 2.27. The molecule has 1 N–H and O–H groups in total. The number of rotatable bonds is 2. The molecule has 0 amide bonds. The van der Waals surface area contributed by atoms with Gasteiger partial charge in [0, 0.05) is 6.04 Å². The highest BCUT2D eigenvalue weighted by molar-refractivity contribution is 5.77. The third-order valence-corrected chi connectivity index (χ3v) is 2.56. The predicted octanol–water partition coefficient (Wildman–Crippen LogP) is 1.26. The number of esters is 1. The number of ether oxygens (including phenoxy) is 1. The van der Waals surface area contributed by atoms with Crippen LogP contribution in [0.4, 0.5) is 0 Å². The summed E-state index contributed by atoms with van der Waals surface area (Å²) in [5, 5.41) is 3.17. The van der Waals surface area contributed by atoms with Crippen LogP contribution in [0.2, 0.25) is 0 Å². The zero-order valence-corrected chi connectivity index (χ0v) is 8.07. The van der Waals surface area contributed by atoms with Gasteiger partial charge in [-0.3, -0.25) is 10.1 Å². The SMILES string of the molecule is COC(=O)C1CC(c2ccccc2)N1. The molecule has 1 heterocycles. The summed E-state index contributed by atoms with van der Waals surface area (Å²) in [5.41, 5.74) is 1.23. The molecule has 1 saturated heterocycles. The third kappa shape index (κ3) is 1.63. The Balaban J connectivity index is 1.92. The topological polar surface area (TPSA) is 38.3 Å². The molecule has 2 rings (SSSR count). The van der Waals surface area contributed by atoms with E-state index in [1.165, 1.54) is 12.7 Å². The summed E-state index contributed by atoms with van der Waals surface area (Å²) < 4.78 is 4.64. The lowest BCUT2D eigenvalue weighted by atomic mass is 9.91. The second kappa shape index (κ2) is 3.80. The minimum absolute atomic E-state index is 0.120. The van der Waals surface area contributed by atoms with E-state index in [2.05, 4.69) is 22.2 Å². The summed E-state index contributed by atoms with van der Waals surface area (Å²) in [4.78, 5) is 11.1. The van der Waals surface area contributed by atoms with Crippen molar-refractivity contribution < 1.29 is 9.53 Å². The van der Waals surface area contributed by atoms with E-state index in [1.54, 1.807) is 0 Å². The zero-order valence-electron chi connectivity index (χ0n) is 8.07. The number of hydrogen-bond acceptors (Lipinski definition) is 3. The van der Waals surface area contributed by atoms with Crippen LogP contribution in [0.1, 0.15) is 18.0 Å². The van der Waals surface area contributed by atoms with Gasteiger partial charge in [-0.2, -0.15) is 0 Å². The first-order chi connectivity index (χ1) is 6.81. The van der Waals surface area contributed by atoms with Crippen molar-refractivity contribution >= 4 is 5.97 Å². The number of benzene rings is 1. The van der Waals surface area contributed by atoms with Gasteiger partial charge in [0.15, 0.2) is 0 Å². The lowest BCUT2D eigenvalue weighted by Gasteiger charge is -2.35. The molecular weight excluding hydrogens is 178 g/mol. The summed E-state index contributed by atoms with van der Waals surface area (Å²) in [6.45, 7) is 0. The smallest absolute Gasteiger partial charge is 0.322 e. The van der Waals surface area contributed by atoms with Gasteiger partial charge in [0.25, 0.3) is 0 Å². The van der Waals surface area contributed by atoms with Gasteiger partial charge in [-0.15, -0.1) is 0 Å². The van der Waals surface area contributed by atoms with E-state index in [4.69, 9.17) is 0 Å². The molecule has 3 nitrogen and oxygen atoms in total. The molecule has 1 aliphatic rings. The van der Waals surface area contributed by atoms with Gasteiger partial charge < -0.3 is 4.74 Å². The van der Waals surface area contributed by atoms with Crippen LogP contribution in [0, 0.1) is 0 Å². The van der Waals surface area contributed by atoms with Crippen LogP contribution < -0.4 is 5.32 Å². The van der Waals surface area contributed by atoms with Crippen LogP contribution in [0.15, 0.2) is 30.3 Å². The van der Waals surface area contributed by atoms with E-state index in [0.717, 1.165) is 6.42 Å². The second-order valence-corrected chi connectivity index (χ2v) is 3.44. The number of carbonyl (C=O) groups excluding carboxylic acids is 1. The van der Waals surface area contributed by atoms with Crippen LogP contribution in [-0.4, -0.2) is 19.1 Å². The van der Waals surface area contributed by atoms with Gasteiger partial charge in [0.2, 0.25) is 0 Å². The lowest BCUT2D eigenvalue weighted by molar-refractivity contribution is -0.146. The van der Waals surface area contributed by atoms with Gasteiger partial charge in [-0.1, -0.05) is 30.3 Å². The van der Waals surface area contributed by atoms with E-state index in [-0.39, 0.29) is 12.0 Å². The summed E-state index contributed by atoms with van der Waals surface area (Å²) >= 11 is 0. The third-order valence-electron chi connectivity index (χ3n) is 2.56. The monoisotopic (exact) mass is 191 g/mol. The van der Waals surface area contributed by atoms with Crippen molar-refractivity contribution in [1.29, 1.82) is 0 Å². The average Bonchev–Trinajstić information content (AvgIpc) is 2.17. The van der Waals surface area contributed by atoms with Gasteiger partial charge >= 0.3 is 5.97 Å². The molecule has 2 unspecified atom stereocenters. The fraction of sp³-hybridized carbons (Fsp3) is 0.364. The average molecular weight is 191 g/mol. The highest BCUT2D eigenvalue weighted by atomic mass is 16.5. The Morgan fingerprint density at radius 3 is 2.64 bits per heavy atom. The Bertz CT molecular complexity index is 317. The van der Waals surface area contributed by atoms with E-state index >= 15 is 0 Å². The molecule has 14 heavy (non-hydrogen) atoms. The van der Waals surface area contributed by atoms with Crippen LogP contribution in [0.5, 0.6) is 0 Å². The summed E-state index contributed by atoms with van der Waals surface area (Å²) in [5.74, 6) is -0.169. The molecule has 0 spiro atoms. The Hall–Kier alpha value is -1.35. The summed E-state index contributed by atoms with van der Waals surface area (Å²) in [7, 11) is 1.42. The van der Waals surface area contributed by atoms with Gasteiger partial charge in [0.1, 0.15) is 6.04 Å². The van der Waals surface area contributed by atoms with E-state index in [1.807, 2.05) is 18.2 Å². The number of carbonyl (C=O) groups is 1. The molecule has 1 aromatic rings. The van der Waals surface area contributed by atoms with Crippen LogP contribution >= 0.6 is 0 Å². The van der Waals surface area contributed by atoms with Crippen LogP contribution in [-0.2, 0) is 9.53 Å². The van der Waals surface area contributed by atoms with Crippen LogP contribution in [0.25, 0.3) is 0 Å². The lowest BCUT2D eigenvalue weighted by Crippen LogP contribution is -2.51. The van der Waals surface area contributed by atoms with Gasteiger partial charge in [-0.05, 0) is 12.0 Å². The molecule has 1 aliphatic heterocycles. The Morgan fingerprint density at radius 1 is 1.43 bits per heavy atom. The maximum absolute atomic E-state index is 11.1. The number of hydrogen-bond donors (Lipinski definition) is 1. The Labute approximate surface area is 83.1 Å². The molecule has 2 atom stereocenters. The Kier molecular flexibility index (Phi) is 2.50. The molecule has 0 bridgehead atoms. The molecule has 1 aromatic carbocycles. The fourth-order valence-electron chi connectivity index (χ4n) is 1.68. The molecule has 0 saturated carbocycles. The van der Waals surface area contributed by atoms with Crippen LogP contribution in [0.3, 0.4) is 0 Å². The highest BCUT2D eigenvalue weighted by Gasteiger charge is 2.34. The van der Waals surface area contributed by atoms with Crippen molar-refractivity contribution in [3.05, 3.63) is 35.9 Å². The van der Waals surface area contributed by atoms with Crippen molar-refractivity contribution in [2.75, 3.05) is 7.11 Å². The first-order valence-electron chi connectivity index (χ1n) is 4.70. The Morgan fingerprint density at radius 2 is 2.07 bits per heavy atom. The largest absolute Gasteiger partial charge is 0.468 e. The normalized spacial score (nSPS) is 25.2. The predicted molar refractivity (Wildman–Crippen MR) is 52.7 cm³/mol. The maximum atomic E-state index is 11.1. The van der Waals surface area contributed by atoms with Crippen molar-refractivity contribution in [2.45, 2.75) is 18.5 Å². The van der Waals surface area contributed by atoms with Crippen molar-refractivity contribution in [1.82, 2.24) is 5.32 Å². The minimum Gasteiger partial charge on any atom is -0.468 e. The van der Waals surface area contributed by atoms with Crippen molar-refractivity contribution in [3.63, 3.8) is 0 Å². The second-order valence-electron chi connectivity index (χ2n) is 3.44. The maximum Gasteiger partial charge on any atom is 0.322 e. The van der Waals surface area contributed by atoms with E-state index in [0.29, 0.717) is 6.04 Å². The number of nitrogens with one attached hydrogen (secondary N) is 1.